The van der Waals surface area contributed by atoms with E-state index in [-0.39, 0.29) is 17.1 Å². The van der Waals surface area contributed by atoms with Crippen LogP contribution >= 0.6 is 0 Å². The minimum Gasteiger partial charge on any atom is -0.485 e. The Balaban J connectivity index is 1.53. The first-order chi connectivity index (χ1) is 19.8. The second kappa shape index (κ2) is 12.1. The summed E-state index contributed by atoms with van der Waals surface area (Å²) < 4.78 is 71.1. The van der Waals surface area contributed by atoms with Gasteiger partial charge in [0, 0.05) is 36.6 Å². The summed E-state index contributed by atoms with van der Waals surface area (Å²) in [6.07, 6.45) is -1.79. The lowest BCUT2D eigenvalue weighted by atomic mass is 9.95. The Morgan fingerprint density at radius 1 is 0.902 bits per heavy atom. The third-order valence-electron chi connectivity index (χ3n) is 6.24. The fraction of sp³-hybridized carbons (Fsp3) is 0.172. The van der Waals surface area contributed by atoms with Gasteiger partial charge in [-0.3, -0.25) is 14.8 Å². The number of benzene rings is 1. The molecule has 1 atom stereocenters. The number of anilines is 1. The molecule has 4 heterocycles. The predicted molar refractivity (Wildman–Crippen MR) is 142 cm³/mol. The number of H-pyrrole nitrogens is 1. The molecule has 41 heavy (non-hydrogen) atoms. The lowest BCUT2D eigenvalue weighted by Gasteiger charge is -2.17. The lowest BCUT2D eigenvalue weighted by molar-refractivity contribution is -0.118. The van der Waals surface area contributed by atoms with Crippen LogP contribution in [0.4, 0.5) is 27.8 Å². The Bertz CT molecular complexity index is 1650. The van der Waals surface area contributed by atoms with E-state index in [1.54, 1.807) is 30.5 Å². The molecule has 0 radical (unpaired) electrons. The average Bonchev–Trinajstić information content (AvgIpc) is 3.36. The Kier molecular flexibility index (Phi) is 8.18. The first-order valence-corrected chi connectivity index (χ1v) is 12.4. The van der Waals surface area contributed by atoms with Crippen molar-refractivity contribution in [2.24, 2.45) is 0 Å². The van der Waals surface area contributed by atoms with E-state index in [0.717, 1.165) is 12.1 Å². The van der Waals surface area contributed by atoms with Crippen LogP contribution in [0.3, 0.4) is 0 Å². The molecule has 0 fully saturated rings. The van der Waals surface area contributed by atoms with Gasteiger partial charge in [-0.1, -0.05) is 18.2 Å². The zero-order valence-electron chi connectivity index (χ0n) is 21.2. The number of nitrogens with zero attached hydrogens (tertiary/aromatic N) is 3. The van der Waals surface area contributed by atoms with Crippen LogP contribution in [0.2, 0.25) is 0 Å². The topological polar surface area (TPSA) is 92.8 Å². The van der Waals surface area contributed by atoms with Crippen LogP contribution in [-0.2, 0) is 4.79 Å². The zero-order chi connectivity index (χ0) is 28.9. The van der Waals surface area contributed by atoms with Gasteiger partial charge >= 0.3 is 0 Å². The maximum Gasteiger partial charge on any atom is 0.272 e. The van der Waals surface area contributed by atoms with Gasteiger partial charge in [-0.05, 0) is 42.0 Å². The Labute approximate surface area is 230 Å². The normalized spacial score (nSPS) is 12.2. The van der Waals surface area contributed by atoms with Crippen molar-refractivity contribution in [1.29, 1.82) is 0 Å². The van der Waals surface area contributed by atoms with Crippen molar-refractivity contribution in [2.45, 2.75) is 25.2 Å². The van der Waals surface area contributed by atoms with Crippen molar-refractivity contribution >= 4 is 22.8 Å². The number of aromatic amines is 1. The fourth-order valence-corrected chi connectivity index (χ4v) is 4.45. The molecule has 1 aromatic carbocycles. The third-order valence-corrected chi connectivity index (χ3v) is 6.24. The van der Waals surface area contributed by atoms with Crippen LogP contribution in [0, 0.1) is 5.82 Å². The predicted octanol–water partition coefficient (Wildman–Crippen LogP) is 6.85. The van der Waals surface area contributed by atoms with Gasteiger partial charge in [0.05, 0.1) is 22.9 Å². The first kappa shape index (κ1) is 27.7. The van der Waals surface area contributed by atoms with E-state index in [1.165, 1.54) is 36.7 Å². The van der Waals surface area contributed by atoms with Gasteiger partial charge in [0.1, 0.15) is 35.0 Å². The molecule has 5 rings (SSSR count). The summed E-state index contributed by atoms with van der Waals surface area (Å²) in [5, 5.41) is 2.58. The molecule has 0 bridgehead atoms. The van der Waals surface area contributed by atoms with Gasteiger partial charge < -0.3 is 15.0 Å². The standard InChI is InChI=1S/C29H22F5N5O2/c30-18-6-4-16(5-7-18)19(14-22(31)32)29(40)38-24-13-17(8-11-36-24)26-25(20-3-1-2-10-35-20)28-27(39-26)21(9-12-37-28)41-15-23(33)34/h1-13,19,22-23,39H,14-15H2,(H,36,38,40)/t19-/m1/s1. The molecule has 0 aliphatic rings. The quantitative estimate of drug-likeness (QED) is 0.180. The third kappa shape index (κ3) is 6.32. The van der Waals surface area contributed by atoms with Crippen LogP contribution in [-0.4, -0.2) is 45.3 Å². The molecule has 1 amide bonds. The van der Waals surface area contributed by atoms with Gasteiger partial charge in [-0.2, -0.15) is 0 Å². The number of nitrogens with one attached hydrogen (secondary N) is 2. The van der Waals surface area contributed by atoms with E-state index in [9.17, 15) is 26.7 Å². The first-order valence-electron chi connectivity index (χ1n) is 12.4. The van der Waals surface area contributed by atoms with Crippen molar-refractivity contribution < 1.29 is 31.5 Å². The highest BCUT2D eigenvalue weighted by Crippen LogP contribution is 2.39. The summed E-state index contributed by atoms with van der Waals surface area (Å²) in [6, 6.07) is 14.7. The van der Waals surface area contributed by atoms with E-state index < -0.39 is 43.5 Å². The molecular formula is C29H22F5N5O2. The molecule has 2 N–H and O–H groups in total. The maximum absolute atomic E-state index is 13.4. The number of amides is 1. The highest BCUT2D eigenvalue weighted by Gasteiger charge is 2.26. The number of aromatic nitrogens is 4. The largest absolute Gasteiger partial charge is 0.485 e. The molecule has 0 aliphatic heterocycles. The number of hydrogen-bond donors (Lipinski definition) is 2. The van der Waals surface area contributed by atoms with E-state index >= 15 is 0 Å². The number of pyridine rings is 3. The van der Waals surface area contributed by atoms with Crippen molar-refractivity contribution in [3.63, 3.8) is 0 Å². The molecule has 12 heteroatoms. The van der Waals surface area contributed by atoms with Gasteiger partial charge in [0.25, 0.3) is 6.43 Å². The van der Waals surface area contributed by atoms with Crippen LogP contribution in [0.1, 0.15) is 17.9 Å². The Morgan fingerprint density at radius 3 is 2.39 bits per heavy atom. The molecule has 0 saturated heterocycles. The molecule has 0 aliphatic carbocycles. The number of rotatable bonds is 10. The Morgan fingerprint density at radius 2 is 1.68 bits per heavy atom. The smallest absolute Gasteiger partial charge is 0.272 e. The molecule has 210 valence electrons. The van der Waals surface area contributed by atoms with E-state index in [0.29, 0.717) is 33.5 Å². The highest BCUT2D eigenvalue weighted by atomic mass is 19.3. The van der Waals surface area contributed by atoms with Crippen LogP contribution in [0.15, 0.2) is 79.3 Å². The van der Waals surface area contributed by atoms with Crippen molar-refractivity contribution in [2.75, 3.05) is 11.9 Å². The number of alkyl halides is 4. The SMILES string of the molecule is O=C(Nc1cc(-c2[nH]c3c(OCC(F)F)ccnc3c2-c2ccccn2)ccn1)[C@H](CC(F)F)c1ccc(F)cc1. The monoisotopic (exact) mass is 567 g/mol. The zero-order valence-corrected chi connectivity index (χ0v) is 21.2. The molecular weight excluding hydrogens is 545 g/mol. The summed E-state index contributed by atoms with van der Waals surface area (Å²) in [7, 11) is 0. The van der Waals surface area contributed by atoms with Crippen LogP contribution in [0.5, 0.6) is 5.75 Å². The van der Waals surface area contributed by atoms with Gasteiger partial charge in [-0.15, -0.1) is 0 Å². The minimum absolute atomic E-state index is 0.0710. The molecule has 0 spiro atoms. The second-order valence-corrected chi connectivity index (χ2v) is 8.97. The molecule has 0 unspecified atom stereocenters. The summed E-state index contributed by atoms with van der Waals surface area (Å²) in [4.78, 5) is 29.3. The van der Waals surface area contributed by atoms with E-state index in [1.807, 2.05) is 0 Å². The summed E-state index contributed by atoms with van der Waals surface area (Å²) in [6.45, 7) is -0.814. The number of carbonyl (C=O) groups excluding carboxylic acids is 1. The minimum atomic E-state index is -2.78. The molecule has 0 saturated carbocycles. The number of ether oxygens (including phenoxy) is 1. The second-order valence-electron chi connectivity index (χ2n) is 8.97. The summed E-state index contributed by atoms with van der Waals surface area (Å²) in [5.41, 5.74) is 3.09. The average molecular weight is 568 g/mol. The molecule has 4 aromatic heterocycles. The molecule has 5 aromatic rings. The van der Waals surface area contributed by atoms with E-state index in [2.05, 4.69) is 25.3 Å². The Hall–Kier alpha value is -4.87. The maximum atomic E-state index is 13.4. The lowest BCUT2D eigenvalue weighted by Crippen LogP contribution is -2.23. The number of hydrogen-bond acceptors (Lipinski definition) is 5. The van der Waals surface area contributed by atoms with Gasteiger partial charge in [-0.25, -0.2) is 26.9 Å². The summed E-state index contributed by atoms with van der Waals surface area (Å²) in [5.74, 6) is -2.32. The summed E-state index contributed by atoms with van der Waals surface area (Å²) >= 11 is 0. The highest BCUT2D eigenvalue weighted by molar-refractivity contribution is 6.03. The number of halogens is 5. The number of fused-ring (bicyclic) bond motifs is 1. The van der Waals surface area contributed by atoms with Crippen molar-refractivity contribution in [1.82, 2.24) is 19.9 Å². The van der Waals surface area contributed by atoms with E-state index in [4.69, 9.17) is 4.74 Å². The van der Waals surface area contributed by atoms with Crippen LogP contribution < -0.4 is 10.1 Å². The van der Waals surface area contributed by atoms with Gasteiger partial charge in [0.15, 0.2) is 0 Å². The number of carbonyl (C=O) groups is 1. The van der Waals surface area contributed by atoms with Crippen molar-refractivity contribution in [3.8, 4) is 28.3 Å². The van der Waals surface area contributed by atoms with Gasteiger partial charge in [0.2, 0.25) is 12.3 Å². The molecule has 7 nitrogen and oxygen atoms in total. The van der Waals surface area contributed by atoms with Crippen LogP contribution in [0.25, 0.3) is 33.5 Å². The van der Waals surface area contributed by atoms with Crippen molar-refractivity contribution in [3.05, 3.63) is 90.6 Å². The fourth-order valence-electron chi connectivity index (χ4n) is 4.45.